The van der Waals surface area contributed by atoms with Crippen LogP contribution in [0.3, 0.4) is 0 Å². The van der Waals surface area contributed by atoms with Crippen molar-refractivity contribution in [2.75, 3.05) is 26.2 Å². The first-order chi connectivity index (χ1) is 9.53. The van der Waals surface area contributed by atoms with Crippen molar-refractivity contribution in [1.82, 2.24) is 4.90 Å². The maximum Gasteiger partial charge on any atom is 0.218 e. The lowest BCUT2D eigenvalue weighted by molar-refractivity contribution is -0.562. The minimum Gasteiger partial charge on any atom is -0.330 e. The molecule has 0 heterocycles. The molecule has 0 spiro atoms. The summed E-state index contributed by atoms with van der Waals surface area (Å²) in [5, 5.41) is 21.9. The second kappa shape index (κ2) is 8.23. The summed E-state index contributed by atoms with van der Waals surface area (Å²) in [7, 11) is 0. The Morgan fingerprint density at radius 1 is 0.905 bits per heavy atom. The first-order valence-electron chi connectivity index (χ1n) is 7.24. The third-order valence-corrected chi connectivity index (χ3v) is 3.75. The van der Waals surface area contributed by atoms with Gasteiger partial charge in [-0.1, -0.05) is 0 Å². The Morgan fingerprint density at radius 3 is 1.57 bits per heavy atom. The predicted molar refractivity (Wildman–Crippen MR) is 81.5 cm³/mol. The van der Waals surface area contributed by atoms with Gasteiger partial charge < -0.3 is 10.6 Å². The molecule has 0 atom stereocenters. The first-order valence-corrected chi connectivity index (χ1v) is 7.24. The minimum atomic E-state index is -0.987. The molecule has 124 valence electrons. The van der Waals surface area contributed by atoms with Crippen molar-refractivity contribution in [3.05, 3.63) is 20.2 Å². The van der Waals surface area contributed by atoms with Crippen molar-refractivity contribution in [2.45, 2.75) is 58.0 Å². The number of hydrogen-bond acceptors (Lipinski definition) is 6. The molecule has 0 bridgehead atoms. The van der Waals surface area contributed by atoms with E-state index >= 15 is 0 Å². The Hall–Kier alpha value is -1.28. The third-order valence-electron chi connectivity index (χ3n) is 3.75. The van der Waals surface area contributed by atoms with E-state index in [1.807, 2.05) is 4.90 Å². The molecule has 0 aromatic carbocycles. The zero-order valence-electron chi connectivity index (χ0n) is 13.5. The van der Waals surface area contributed by atoms with E-state index in [-0.39, 0.29) is 9.85 Å². The minimum absolute atomic E-state index is 0.283. The Balaban J connectivity index is 4.52. The number of hydrogen-bond donors (Lipinski definition) is 1. The van der Waals surface area contributed by atoms with Gasteiger partial charge in [0.15, 0.2) is 0 Å². The lowest BCUT2D eigenvalue weighted by atomic mass is 9.99. The molecule has 21 heavy (non-hydrogen) atoms. The average Bonchev–Trinajstić information content (AvgIpc) is 2.37. The molecular weight excluding hydrogens is 276 g/mol. The molecule has 0 unspecified atom stereocenters. The largest absolute Gasteiger partial charge is 0.330 e. The fourth-order valence-corrected chi connectivity index (χ4v) is 1.70. The van der Waals surface area contributed by atoms with Gasteiger partial charge in [-0.3, -0.25) is 20.2 Å². The maximum absolute atomic E-state index is 10.9. The van der Waals surface area contributed by atoms with Gasteiger partial charge in [0.2, 0.25) is 11.1 Å². The van der Waals surface area contributed by atoms with Crippen LogP contribution in [-0.4, -0.2) is 52.0 Å². The molecule has 8 heteroatoms. The Labute approximate surface area is 126 Å². The molecule has 8 nitrogen and oxygen atoms in total. The zero-order chi connectivity index (χ0) is 16.7. The lowest BCUT2D eigenvalue weighted by Gasteiger charge is -2.26. The summed E-state index contributed by atoms with van der Waals surface area (Å²) in [5.74, 6) is 0. The molecule has 0 saturated carbocycles. The smallest absolute Gasteiger partial charge is 0.218 e. The summed E-state index contributed by atoms with van der Waals surface area (Å²) >= 11 is 0. The highest BCUT2D eigenvalue weighted by Crippen LogP contribution is 2.17. The highest BCUT2D eigenvalue weighted by atomic mass is 16.6. The van der Waals surface area contributed by atoms with E-state index < -0.39 is 11.1 Å². The van der Waals surface area contributed by atoms with Gasteiger partial charge in [-0.15, -0.1) is 0 Å². The van der Waals surface area contributed by atoms with Gasteiger partial charge in [0, 0.05) is 63.5 Å². The van der Waals surface area contributed by atoms with Gasteiger partial charge in [-0.2, -0.15) is 0 Å². The highest BCUT2D eigenvalue weighted by molar-refractivity contribution is 4.74. The SMILES string of the molecule is CC(C)(CCN(CCCN)CCC(C)(C)[N+](=O)[O-])[N+](=O)[O-]. The number of nitrogens with two attached hydrogens (primary N) is 1. The van der Waals surface area contributed by atoms with Crippen LogP contribution >= 0.6 is 0 Å². The van der Waals surface area contributed by atoms with Gasteiger partial charge >= 0.3 is 0 Å². The maximum atomic E-state index is 10.9. The van der Waals surface area contributed by atoms with Gasteiger partial charge in [0.25, 0.3) is 0 Å². The van der Waals surface area contributed by atoms with Crippen LogP contribution in [0.5, 0.6) is 0 Å². The topological polar surface area (TPSA) is 116 Å². The average molecular weight is 304 g/mol. The second-order valence-electron chi connectivity index (χ2n) is 6.62. The quantitative estimate of drug-likeness (QED) is 0.457. The molecular formula is C13H28N4O4. The van der Waals surface area contributed by atoms with Crippen molar-refractivity contribution in [1.29, 1.82) is 0 Å². The molecule has 0 aromatic rings. The number of rotatable bonds is 11. The lowest BCUT2D eigenvalue weighted by Crippen LogP contribution is -2.40. The number of nitro groups is 2. The normalized spacial score (nSPS) is 12.7. The van der Waals surface area contributed by atoms with Crippen LogP contribution < -0.4 is 5.73 Å². The van der Waals surface area contributed by atoms with Crippen LogP contribution in [0, 0.1) is 20.2 Å². The Kier molecular flexibility index (Phi) is 7.73. The molecule has 0 radical (unpaired) electrons. The van der Waals surface area contributed by atoms with E-state index in [9.17, 15) is 20.2 Å². The van der Waals surface area contributed by atoms with Crippen LogP contribution in [0.2, 0.25) is 0 Å². The summed E-state index contributed by atoms with van der Waals surface area (Å²) in [6.07, 6.45) is 1.59. The van der Waals surface area contributed by atoms with Gasteiger partial charge in [0.1, 0.15) is 0 Å². The number of nitrogens with zero attached hydrogens (tertiary/aromatic N) is 3. The van der Waals surface area contributed by atoms with Crippen LogP contribution in [0.15, 0.2) is 0 Å². The third kappa shape index (κ3) is 7.33. The van der Waals surface area contributed by atoms with Crippen LogP contribution in [0.1, 0.15) is 47.0 Å². The standard InChI is InChI=1S/C13H28N4O4/c1-12(2,16(18)19)6-10-15(9-5-8-14)11-7-13(3,4)17(20)21/h5-11,14H2,1-4H3. The molecule has 0 fully saturated rings. The summed E-state index contributed by atoms with van der Waals surface area (Å²) in [6.45, 7) is 8.70. The van der Waals surface area contributed by atoms with Gasteiger partial charge in [-0.25, -0.2) is 0 Å². The van der Waals surface area contributed by atoms with Gasteiger partial charge in [0.05, 0.1) is 0 Å². The fourth-order valence-electron chi connectivity index (χ4n) is 1.70. The molecule has 0 aromatic heterocycles. The summed E-state index contributed by atoms with van der Waals surface area (Å²) in [5.41, 5.74) is 3.52. The highest BCUT2D eigenvalue weighted by Gasteiger charge is 2.33. The van der Waals surface area contributed by atoms with E-state index in [1.54, 1.807) is 27.7 Å². The monoisotopic (exact) mass is 304 g/mol. The van der Waals surface area contributed by atoms with E-state index in [2.05, 4.69) is 0 Å². The Morgan fingerprint density at radius 2 is 1.29 bits per heavy atom. The van der Waals surface area contributed by atoms with E-state index in [1.165, 1.54) is 0 Å². The first kappa shape index (κ1) is 19.7. The summed E-state index contributed by atoms with van der Waals surface area (Å²) < 4.78 is 0. The van der Waals surface area contributed by atoms with E-state index in [0.29, 0.717) is 39.0 Å². The van der Waals surface area contributed by atoms with Crippen molar-refractivity contribution >= 4 is 0 Å². The second-order valence-corrected chi connectivity index (χ2v) is 6.62. The zero-order valence-corrected chi connectivity index (χ0v) is 13.5. The van der Waals surface area contributed by atoms with Crippen molar-refractivity contribution < 1.29 is 9.85 Å². The molecule has 2 N–H and O–H groups in total. The molecule has 0 aliphatic heterocycles. The van der Waals surface area contributed by atoms with Crippen LogP contribution in [0.25, 0.3) is 0 Å². The molecule has 0 aliphatic rings. The van der Waals surface area contributed by atoms with Crippen LogP contribution in [-0.2, 0) is 0 Å². The van der Waals surface area contributed by atoms with Crippen molar-refractivity contribution in [2.24, 2.45) is 5.73 Å². The summed E-state index contributed by atoms with van der Waals surface area (Å²) in [4.78, 5) is 23.3. The predicted octanol–water partition coefficient (Wildman–Crippen LogP) is 1.53. The molecule has 0 amide bonds. The van der Waals surface area contributed by atoms with E-state index in [0.717, 1.165) is 6.42 Å². The van der Waals surface area contributed by atoms with Crippen molar-refractivity contribution in [3.8, 4) is 0 Å². The molecule has 0 aliphatic carbocycles. The van der Waals surface area contributed by atoms with Gasteiger partial charge in [-0.05, 0) is 19.5 Å². The molecule has 0 rings (SSSR count). The fraction of sp³-hybridized carbons (Fsp3) is 1.00. The summed E-state index contributed by atoms with van der Waals surface area (Å²) in [6, 6.07) is 0. The van der Waals surface area contributed by atoms with Crippen molar-refractivity contribution in [3.63, 3.8) is 0 Å². The van der Waals surface area contributed by atoms with E-state index in [4.69, 9.17) is 5.73 Å². The van der Waals surface area contributed by atoms with Crippen LogP contribution in [0.4, 0.5) is 0 Å². The Bertz CT molecular complexity index is 328. The molecule has 0 saturated heterocycles.